The van der Waals surface area contributed by atoms with Crippen LogP contribution in [0, 0.1) is 0 Å². The maximum atomic E-state index is 13.0. The summed E-state index contributed by atoms with van der Waals surface area (Å²) in [4.78, 5) is 3.80. The Kier molecular flexibility index (Phi) is 4.33. The third-order valence-corrected chi connectivity index (χ3v) is 3.04. The van der Waals surface area contributed by atoms with Crippen molar-refractivity contribution in [1.82, 2.24) is 9.99 Å². The summed E-state index contributed by atoms with van der Waals surface area (Å²) in [6.45, 7) is 3.54. The van der Waals surface area contributed by atoms with Crippen molar-refractivity contribution in [2.45, 2.75) is 19.4 Å². The van der Waals surface area contributed by atoms with Crippen LogP contribution in [0.1, 0.15) is 24.5 Å². The van der Waals surface area contributed by atoms with Crippen LogP contribution in [0.3, 0.4) is 0 Å². The predicted octanol–water partition coefficient (Wildman–Crippen LogP) is 0.942. The molecule has 0 aromatic carbocycles. The second-order valence-electron chi connectivity index (χ2n) is 4.57. The van der Waals surface area contributed by atoms with Gasteiger partial charge in [-0.2, -0.15) is 5.10 Å². The first-order chi connectivity index (χ1) is 9.49. The molecule has 1 aromatic heterocycles. The van der Waals surface area contributed by atoms with Crippen LogP contribution in [0.15, 0.2) is 17.4 Å². The molecule has 2 heterocycles. The lowest BCUT2D eigenvalue weighted by Gasteiger charge is -2.31. The van der Waals surface area contributed by atoms with Gasteiger partial charge in [0.05, 0.1) is 25.8 Å². The van der Waals surface area contributed by atoms with Crippen molar-refractivity contribution in [3.8, 4) is 0 Å². The third-order valence-electron chi connectivity index (χ3n) is 3.04. The Morgan fingerprint density at radius 1 is 1.60 bits per heavy atom. The molecule has 0 saturated carbocycles. The Balaban J connectivity index is 2.30. The van der Waals surface area contributed by atoms with Crippen molar-refractivity contribution >= 4 is 11.7 Å². The number of nitrogens with zero attached hydrogens (tertiary/aromatic N) is 3. The summed E-state index contributed by atoms with van der Waals surface area (Å²) in [5.41, 5.74) is 11.1. The SMILES string of the molecule is C[C@H]1COCCN1/N=C(\N)c1cnc(N)cc1C(F)F. The fourth-order valence-electron chi connectivity index (χ4n) is 1.94. The van der Waals surface area contributed by atoms with Gasteiger partial charge in [0.2, 0.25) is 0 Å². The quantitative estimate of drug-likeness (QED) is 0.637. The number of amidine groups is 1. The number of ether oxygens (including phenoxy) is 1. The second-order valence-corrected chi connectivity index (χ2v) is 4.57. The molecule has 1 fully saturated rings. The van der Waals surface area contributed by atoms with Crippen LogP contribution >= 0.6 is 0 Å². The first kappa shape index (κ1) is 14.4. The highest BCUT2D eigenvalue weighted by Crippen LogP contribution is 2.24. The molecule has 110 valence electrons. The molecule has 1 saturated heterocycles. The van der Waals surface area contributed by atoms with E-state index in [1.165, 1.54) is 6.20 Å². The predicted molar refractivity (Wildman–Crippen MR) is 71.3 cm³/mol. The number of aromatic nitrogens is 1. The normalized spacial score (nSPS) is 20.5. The van der Waals surface area contributed by atoms with E-state index in [1.807, 2.05) is 6.92 Å². The molecule has 1 aliphatic rings. The lowest BCUT2D eigenvalue weighted by Crippen LogP contribution is -2.41. The molecule has 0 spiro atoms. The van der Waals surface area contributed by atoms with Crippen molar-refractivity contribution in [2.75, 3.05) is 25.5 Å². The summed E-state index contributed by atoms with van der Waals surface area (Å²) < 4.78 is 31.3. The van der Waals surface area contributed by atoms with Gasteiger partial charge in [0.15, 0.2) is 5.84 Å². The van der Waals surface area contributed by atoms with Gasteiger partial charge in [-0.25, -0.2) is 13.8 Å². The lowest BCUT2D eigenvalue weighted by molar-refractivity contribution is 0.00101. The van der Waals surface area contributed by atoms with Crippen LogP contribution in [0.5, 0.6) is 0 Å². The molecule has 6 nitrogen and oxygen atoms in total. The zero-order chi connectivity index (χ0) is 14.7. The average molecular weight is 285 g/mol. The molecule has 2 rings (SSSR count). The minimum Gasteiger partial charge on any atom is -0.384 e. The molecule has 0 unspecified atom stereocenters. The molecule has 20 heavy (non-hydrogen) atoms. The number of hydrogen-bond acceptors (Lipinski definition) is 5. The highest BCUT2D eigenvalue weighted by atomic mass is 19.3. The number of rotatable bonds is 3. The minimum atomic E-state index is -2.69. The van der Waals surface area contributed by atoms with E-state index in [4.69, 9.17) is 16.2 Å². The largest absolute Gasteiger partial charge is 0.384 e. The highest BCUT2D eigenvalue weighted by Gasteiger charge is 2.20. The number of nitrogen functional groups attached to an aromatic ring is 1. The first-order valence-corrected chi connectivity index (χ1v) is 6.21. The van der Waals surface area contributed by atoms with Gasteiger partial charge in [-0.3, -0.25) is 5.01 Å². The van der Waals surface area contributed by atoms with Crippen molar-refractivity contribution in [3.05, 3.63) is 23.4 Å². The van der Waals surface area contributed by atoms with Gasteiger partial charge in [-0.15, -0.1) is 0 Å². The summed E-state index contributed by atoms with van der Waals surface area (Å²) in [6.07, 6.45) is -1.47. The number of halogens is 2. The van der Waals surface area contributed by atoms with E-state index < -0.39 is 6.43 Å². The number of hydrazone groups is 1. The molecule has 1 atom stereocenters. The molecule has 0 aliphatic carbocycles. The van der Waals surface area contributed by atoms with E-state index in [1.54, 1.807) is 5.01 Å². The van der Waals surface area contributed by atoms with Crippen LogP contribution in [-0.2, 0) is 4.74 Å². The number of anilines is 1. The zero-order valence-electron chi connectivity index (χ0n) is 11.1. The summed E-state index contributed by atoms with van der Waals surface area (Å²) in [7, 11) is 0. The van der Waals surface area contributed by atoms with E-state index >= 15 is 0 Å². The standard InChI is InChI=1S/C12H17F2N5O/c1-7-6-20-3-2-19(7)18-12(16)9-5-17-10(15)4-8(9)11(13)14/h4-5,7,11H,2-3,6H2,1H3,(H2,15,17)(H2,16,18)/t7-/m0/s1. The van der Waals surface area contributed by atoms with Gasteiger partial charge in [-0.05, 0) is 13.0 Å². The number of morpholine rings is 1. The van der Waals surface area contributed by atoms with Crippen LogP contribution in [0.4, 0.5) is 14.6 Å². The van der Waals surface area contributed by atoms with Crippen LogP contribution < -0.4 is 11.5 Å². The zero-order valence-corrected chi connectivity index (χ0v) is 11.1. The summed E-state index contributed by atoms with van der Waals surface area (Å²) in [5.74, 6) is 0.0261. The third kappa shape index (κ3) is 3.13. The minimum absolute atomic E-state index is 0.00144. The van der Waals surface area contributed by atoms with E-state index in [0.717, 1.165) is 6.07 Å². The highest BCUT2D eigenvalue weighted by molar-refractivity contribution is 5.98. The van der Waals surface area contributed by atoms with Crippen molar-refractivity contribution in [1.29, 1.82) is 0 Å². The molecule has 0 bridgehead atoms. The molecular weight excluding hydrogens is 268 g/mol. The molecule has 1 aromatic rings. The Bertz CT molecular complexity index is 509. The van der Waals surface area contributed by atoms with E-state index in [0.29, 0.717) is 19.8 Å². The lowest BCUT2D eigenvalue weighted by atomic mass is 10.1. The fourth-order valence-corrected chi connectivity index (χ4v) is 1.94. The maximum absolute atomic E-state index is 13.0. The molecule has 1 aliphatic heterocycles. The summed E-state index contributed by atoms with van der Waals surface area (Å²) in [6, 6.07) is 1.16. The second kappa shape index (κ2) is 6.00. The maximum Gasteiger partial charge on any atom is 0.264 e. The van der Waals surface area contributed by atoms with E-state index in [9.17, 15) is 8.78 Å². The Morgan fingerprint density at radius 2 is 2.35 bits per heavy atom. The van der Waals surface area contributed by atoms with E-state index in [2.05, 4.69) is 10.1 Å². The Hall–Kier alpha value is -1.96. The topological polar surface area (TPSA) is 89.8 Å². The smallest absolute Gasteiger partial charge is 0.264 e. The number of nitrogens with two attached hydrogens (primary N) is 2. The Morgan fingerprint density at radius 3 is 3.00 bits per heavy atom. The molecular formula is C12H17F2N5O. The summed E-state index contributed by atoms with van der Waals surface area (Å²) in [5, 5.41) is 5.92. The monoisotopic (exact) mass is 285 g/mol. The number of pyridine rings is 1. The number of hydrogen-bond donors (Lipinski definition) is 2. The van der Waals surface area contributed by atoms with Crippen molar-refractivity contribution in [2.24, 2.45) is 10.8 Å². The van der Waals surface area contributed by atoms with Crippen LogP contribution in [0.2, 0.25) is 0 Å². The van der Waals surface area contributed by atoms with Gasteiger partial charge in [-0.1, -0.05) is 0 Å². The van der Waals surface area contributed by atoms with Gasteiger partial charge in [0.1, 0.15) is 5.82 Å². The van der Waals surface area contributed by atoms with Gasteiger partial charge >= 0.3 is 0 Å². The first-order valence-electron chi connectivity index (χ1n) is 6.21. The van der Waals surface area contributed by atoms with Crippen LogP contribution in [-0.4, -0.2) is 41.6 Å². The molecule has 4 N–H and O–H groups in total. The Labute approximate surface area is 115 Å². The average Bonchev–Trinajstić information content (AvgIpc) is 2.41. The van der Waals surface area contributed by atoms with Crippen LogP contribution in [0.25, 0.3) is 0 Å². The van der Waals surface area contributed by atoms with E-state index in [-0.39, 0.29) is 28.8 Å². The van der Waals surface area contributed by atoms with Gasteiger partial charge in [0, 0.05) is 17.3 Å². The summed E-state index contributed by atoms with van der Waals surface area (Å²) >= 11 is 0. The van der Waals surface area contributed by atoms with Crippen molar-refractivity contribution in [3.63, 3.8) is 0 Å². The van der Waals surface area contributed by atoms with Crippen molar-refractivity contribution < 1.29 is 13.5 Å². The molecule has 0 amide bonds. The molecule has 0 radical (unpaired) electrons. The van der Waals surface area contributed by atoms with Gasteiger partial charge < -0.3 is 16.2 Å². The number of alkyl halides is 2. The fraction of sp³-hybridized carbons (Fsp3) is 0.500. The molecule has 8 heteroatoms. The van der Waals surface area contributed by atoms with Gasteiger partial charge in [0.25, 0.3) is 6.43 Å².